The van der Waals surface area contributed by atoms with E-state index in [1.165, 1.54) is 0 Å². The number of hydrogen-bond acceptors (Lipinski definition) is 1. The van der Waals surface area contributed by atoms with Crippen molar-refractivity contribution < 1.29 is 20.0 Å². The second-order valence-electron chi connectivity index (χ2n) is 13.7. The average molecular weight is 662 g/mol. The number of furan rings is 1. The Bertz CT molecular complexity index is 2850. The van der Waals surface area contributed by atoms with Crippen molar-refractivity contribution >= 4 is 33.0 Å². The highest BCUT2D eigenvalue weighted by Crippen LogP contribution is 2.44. The standard InChI is InChI=1S/C47H45N2O/c1-28(2)38-26-36(35-23-21-34(22-24-35)33-16-10-9-11-17-33)27-39(29(3)4)45(38)49-44-30(5)15-14-19-40(44)48(8)47(49)43-32(7)25-31(6)42-37-18-12-13-20-41(37)50-46(42)43/h9-29H,1-8H3/q+1/i5D3,6D3,28D,29D. The second kappa shape index (κ2) is 12.2. The van der Waals surface area contributed by atoms with E-state index in [2.05, 4.69) is 36.4 Å². The molecule has 0 unspecified atom stereocenters. The fraction of sp³-hybridized carbons (Fsp3) is 0.213. The van der Waals surface area contributed by atoms with Crippen LogP contribution in [0.5, 0.6) is 0 Å². The molecule has 0 N–H and O–H groups in total. The van der Waals surface area contributed by atoms with Crippen molar-refractivity contribution in [3.05, 3.63) is 143 Å². The number of para-hydroxylation sites is 2. The van der Waals surface area contributed by atoms with Crippen LogP contribution in [0.1, 0.15) is 78.3 Å². The molecule has 6 aromatic carbocycles. The predicted molar refractivity (Wildman–Crippen MR) is 210 cm³/mol. The van der Waals surface area contributed by atoms with Gasteiger partial charge in [0.05, 0.1) is 7.05 Å². The molecular formula is C47H45N2O+. The van der Waals surface area contributed by atoms with Gasteiger partial charge in [0.2, 0.25) is 0 Å². The average Bonchev–Trinajstić information content (AvgIpc) is 3.68. The maximum Gasteiger partial charge on any atom is 0.299 e. The third-order valence-corrected chi connectivity index (χ3v) is 9.94. The summed E-state index contributed by atoms with van der Waals surface area (Å²) >= 11 is 0. The molecule has 0 aliphatic carbocycles. The largest absolute Gasteiger partial charge is 0.455 e. The number of aromatic nitrogens is 2. The molecule has 0 aliphatic rings. The van der Waals surface area contributed by atoms with Crippen LogP contribution in [0.25, 0.3) is 72.3 Å². The molecule has 2 heterocycles. The van der Waals surface area contributed by atoms with E-state index in [0.717, 1.165) is 22.3 Å². The third-order valence-electron chi connectivity index (χ3n) is 9.94. The maximum absolute atomic E-state index is 9.71. The summed E-state index contributed by atoms with van der Waals surface area (Å²) in [5.74, 6) is -1.96. The van der Waals surface area contributed by atoms with Crippen LogP contribution in [0.2, 0.25) is 0 Å². The smallest absolute Gasteiger partial charge is 0.299 e. The maximum atomic E-state index is 9.71. The zero-order chi connectivity index (χ0) is 41.7. The van der Waals surface area contributed by atoms with Crippen LogP contribution < -0.4 is 4.57 Å². The van der Waals surface area contributed by atoms with Gasteiger partial charge in [-0.05, 0) is 90.1 Å². The minimum Gasteiger partial charge on any atom is -0.455 e. The molecule has 0 aliphatic heterocycles. The lowest BCUT2D eigenvalue weighted by atomic mass is 9.87. The number of hydrogen-bond donors (Lipinski definition) is 0. The molecule has 3 nitrogen and oxygen atoms in total. The summed E-state index contributed by atoms with van der Waals surface area (Å²) in [6.45, 7) is 4.06. The monoisotopic (exact) mass is 661 g/mol. The van der Waals surface area contributed by atoms with E-state index in [1.807, 2.05) is 83.8 Å². The van der Waals surface area contributed by atoms with E-state index in [0.29, 0.717) is 66.7 Å². The summed E-state index contributed by atoms with van der Waals surface area (Å²) < 4.78 is 81.9. The number of imidazole rings is 1. The second-order valence-corrected chi connectivity index (χ2v) is 13.7. The Labute approximate surface area is 306 Å². The van der Waals surface area contributed by atoms with Gasteiger partial charge in [-0.15, -0.1) is 0 Å². The third kappa shape index (κ3) is 4.98. The fourth-order valence-electron chi connectivity index (χ4n) is 7.50. The molecule has 0 saturated heterocycles. The van der Waals surface area contributed by atoms with Gasteiger partial charge in [0.25, 0.3) is 5.82 Å². The number of benzene rings is 6. The van der Waals surface area contributed by atoms with Gasteiger partial charge >= 0.3 is 0 Å². The van der Waals surface area contributed by atoms with Gasteiger partial charge in [-0.3, -0.25) is 0 Å². The van der Waals surface area contributed by atoms with Gasteiger partial charge in [0, 0.05) is 38.4 Å². The highest BCUT2D eigenvalue weighted by atomic mass is 16.3. The highest BCUT2D eigenvalue weighted by Gasteiger charge is 2.35. The first-order valence-electron chi connectivity index (χ1n) is 21.0. The molecule has 0 amide bonds. The van der Waals surface area contributed by atoms with Crippen molar-refractivity contribution in [2.24, 2.45) is 7.05 Å². The summed E-state index contributed by atoms with van der Waals surface area (Å²) in [6, 6.07) is 36.6. The van der Waals surface area contributed by atoms with Crippen LogP contribution in [-0.4, -0.2) is 4.57 Å². The van der Waals surface area contributed by atoms with Crippen LogP contribution in [0.3, 0.4) is 0 Å². The zero-order valence-electron chi connectivity index (χ0n) is 37.3. The molecule has 2 aromatic heterocycles. The normalized spacial score (nSPS) is 15.2. The lowest BCUT2D eigenvalue weighted by Crippen LogP contribution is -2.30. The number of rotatable bonds is 6. The van der Waals surface area contributed by atoms with Crippen molar-refractivity contribution in [3.8, 4) is 39.3 Å². The van der Waals surface area contributed by atoms with E-state index in [4.69, 9.17) is 12.6 Å². The highest BCUT2D eigenvalue weighted by molar-refractivity contribution is 6.11. The van der Waals surface area contributed by atoms with Gasteiger partial charge in [0.1, 0.15) is 16.8 Å². The topological polar surface area (TPSA) is 21.9 Å². The summed E-state index contributed by atoms with van der Waals surface area (Å²) in [6.07, 6.45) is 0. The molecular weight excluding hydrogens is 609 g/mol. The molecule has 248 valence electrons. The fourth-order valence-corrected chi connectivity index (χ4v) is 7.50. The Hall–Kier alpha value is -5.41. The SMILES string of the molecule is [2H]C([2H])([2H])c1cc(C)c(-c2n(-c3c(C([2H])(C)C)cc(-c4ccc(-c5ccccc5)cc4)cc3C([2H])(C)C)c3c(C([2H])([2H])[2H])cccc3[n+]2C)c2oc3ccccc3c12. The summed E-state index contributed by atoms with van der Waals surface area (Å²) in [5.41, 5.74) is 8.93. The van der Waals surface area contributed by atoms with Crippen LogP contribution in [-0.2, 0) is 7.05 Å². The molecule has 50 heavy (non-hydrogen) atoms. The minimum atomic E-state index is -2.54. The molecule has 8 rings (SSSR count). The van der Waals surface area contributed by atoms with Crippen LogP contribution in [0.15, 0.2) is 120 Å². The van der Waals surface area contributed by atoms with E-state index < -0.39 is 25.5 Å². The van der Waals surface area contributed by atoms with E-state index in [9.17, 15) is 2.74 Å². The Morgan fingerprint density at radius 3 is 1.94 bits per heavy atom. The van der Waals surface area contributed by atoms with E-state index in [-0.39, 0.29) is 11.1 Å². The number of fused-ring (bicyclic) bond motifs is 4. The predicted octanol–water partition coefficient (Wildman–Crippen LogP) is 12.5. The molecule has 3 heteroatoms. The lowest BCUT2D eigenvalue weighted by Gasteiger charge is -2.21. The Morgan fingerprint density at radius 2 is 1.28 bits per heavy atom. The van der Waals surface area contributed by atoms with Gasteiger partial charge in [-0.1, -0.05) is 119 Å². The quantitative estimate of drug-likeness (QED) is 0.163. The van der Waals surface area contributed by atoms with Crippen LogP contribution in [0, 0.1) is 20.6 Å². The molecule has 0 spiro atoms. The Morgan fingerprint density at radius 1 is 0.660 bits per heavy atom. The Kier molecular flexibility index (Phi) is 5.81. The summed E-state index contributed by atoms with van der Waals surface area (Å²) in [4.78, 5) is 0. The van der Waals surface area contributed by atoms with Gasteiger partial charge in [0.15, 0.2) is 16.6 Å². The van der Waals surface area contributed by atoms with Crippen LogP contribution >= 0.6 is 0 Å². The molecule has 0 fully saturated rings. The number of aryl methyl sites for hydroxylation is 4. The number of nitrogens with zero attached hydrogens (tertiary/aromatic N) is 2. The molecule has 0 bridgehead atoms. The van der Waals surface area contributed by atoms with Crippen molar-refractivity contribution in [2.45, 2.75) is 60.1 Å². The summed E-state index contributed by atoms with van der Waals surface area (Å²) in [5, 5.41) is 1.11. The molecule has 0 radical (unpaired) electrons. The van der Waals surface area contributed by atoms with Crippen molar-refractivity contribution in [1.82, 2.24) is 4.57 Å². The first kappa shape index (κ1) is 23.9. The first-order valence-corrected chi connectivity index (χ1v) is 17.0. The molecule has 8 aromatic rings. The molecule has 0 saturated carbocycles. The lowest BCUT2D eigenvalue weighted by molar-refractivity contribution is -0.633. The minimum absolute atomic E-state index is 0.104. The van der Waals surface area contributed by atoms with E-state index >= 15 is 0 Å². The Balaban J connectivity index is 1.55. The zero-order valence-corrected chi connectivity index (χ0v) is 29.3. The van der Waals surface area contributed by atoms with E-state index in [1.54, 1.807) is 45.9 Å². The van der Waals surface area contributed by atoms with Crippen molar-refractivity contribution in [3.63, 3.8) is 0 Å². The molecule has 0 atom stereocenters. The van der Waals surface area contributed by atoms with Gasteiger partial charge < -0.3 is 4.42 Å². The van der Waals surface area contributed by atoms with Crippen molar-refractivity contribution in [2.75, 3.05) is 0 Å². The van der Waals surface area contributed by atoms with Crippen molar-refractivity contribution in [1.29, 1.82) is 0 Å². The van der Waals surface area contributed by atoms with Crippen LogP contribution in [0.4, 0.5) is 0 Å². The summed E-state index contributed by atoms with van der Waals surface area (Å²) in [7, 11) is 1.86. The first-order chi connectivity index (χ1) is 27.2. The van der Waals surface area contributed by atoms with Gasteiger partial charge in [-0.2, -0.15) is 4.57 Å². The van der Waals surface area contributed by atoms with Gasteiger partial charge in [-0.25, -0.2) is 4.57 Å².